The number of ether oxygens (including phenoxy) is 1. The molecule has 9 nitrogen and oxygen atoms in total. The van der Waals surface area contributed by atoms with Crippen molar-refractivity contribution in [1.29, 1.82) is 0 Å². The summed E-state index contributed by atoms with van der Waals surface area (Å²) < 4.78 is 53.9. The van der Waals surface area contributed by atoms with Crippen LogP contribution in [0.25, 0.3) is 21.3 Å². The van der Waals surface area contributed by atoms with Crippen molar-refractivity contribution in [3.63, 3.8) is 0 Å². The number of carbonyl (C=O) groups excluding carboxylic acids is 2. The molecule has 0 radical (unpaired) electrons. The third-order valence-electron chi connectivity index (χ3n) is 6.02. The summed E-state index contributed by atoms with van der Waals surface area (Å²) in [6.07, 6.45) is -3.37. The summed E-state index contributed by atoms with van der Waals surface area (Å²) in [5.74, 6) is -0.963. The first kappa shape index (κ1) is 27.2. The first-order chi connectivity index (χ1) is 18.9. The zero-order valence-corrected chi connectivity index (χ0v) is 22.4. The molecule has 0 spiro atoms. The molecule has 0 bridgehead atoms. The van der Waals surface area contributed by atoms with Gasteiger partial charge in [-0.3, -0.25) is 14.3 Å². The van der Waals surface area contributed by atoms with Crippen LogP contribution in [0.5, 0.6) is 5.75 Å². The monoisotopic (exact) mass is 589 g/mol. The number of fused-ring (bicyclic) bond motifs is 1. The van der Waals surface area contributed by atoms with E-state index in [0.717, 1.165) is 6.07 Å². The van der Waals surface area contributed by atoms with E-state index in [4.69, 9.17) is 26.5 Å². The largest absolute Gasteiger partial charge is 0.486 e. The fraction of sp³-hybridized carbons (Fsp3) is 0.154. The van der Waals surface area contributed by atoms with Gasteiger partial charge in [0.1, 0.15) is 33.5 Å². The normalized spacial score (nSPS) is 11.7. The van der Waals surface area contributed by atoms with Crippen LogP contribution in [0.4, 0.5) is 18.9 Å². The molecule has 0 fully saturated rings. The molecule has 0 atom stereocenters. The van der Waals surface area contributed by atoms with Crippen LogP contribution < -0.4 is 15.8 Å². The number of hydrogen-bond acceptors (Lipinski definition) is 7. The Labute approximate surface area is 233 Å². The number of amides is 2. The van der Waals surface area contributed by atoms with E-state index in [-0.39, 0.29) is 38.7 Å². The molecule has 5 rings (SSSR count). The minimum atomic E-state index is -4.77. The van der Waals surface area contributed by atoms with E-state index >= 15 is 0 Å². The van der Waals surface area contributed by atoms with Crippen LogP contribution in [0.1, 0.15) is 37.4 Å². The summed E-state index contributed by atoms with van der Waals surface area (Å²) in [6.45, 7) is 1.69. The molecule has 40 heavy (non-hydrogen) atoms. The second-order valence-corrected chi connectivity index (χ2v) is 10.1. The summed E-state index contributed by atoms with van der Waals surface area (Å²) >= 11 is 6.51. The second kappa shape index (κ2) is 10.3. The predicted octanol–water partition coefficient (Wildman–Crippen LogP) is 6.20. The SMILES string of the molecule is Cc1c(-c2cc(C(F)(F)F)nc3sc(C(N)=O)c(NC(=O)c4ccc(COc5ccc(Cl)cc5)o4)c23)cnn1C. The summed E-state index contributed by atoms with van der Waals surface area (Å²) in [4.78, 5) is 28.9. The number of pyridine rings is 1. The highest BCUT2D eigenvalue weighted by Crippen LogP contribution is 2.44. The predicted molar refractivity (Wildman–Crippen MR) is 143 cm³/mol. The maximum atomic E-state index is 13.7. The van der Waals surface area contributed by atoms with Gasteiger partial charge in [0.15, 0.2) is 5.76 Å². The van der Waals surface area contributed by atoms with Crippen molar-refractivity contribution in [3.05, 3.63) is 81.5 Å². The number of hydrogen-bond donors (Lipinski definition) is 2. The topological polar surface area (TPSA) is 125 Å². The molecule has 0 saturated carbocycles. The maximum Gasteiger partial charge on any atom is 0.433 e. The van der Waals surface area contributed by atoms with Gasteiger partial charge in [-0.15, -0.1) is 11.3 Å². The highest BCUT2D eigenvalue weighted by atomic mass is 35.5. The number of aromatic nitrogens is 3. The summed E-state index contributed by atoms with van der Waals surface area (Å²) in [5, 5.41) is 7.38. The van der Waals surface area contributed by atoms with Gasteiger partial charge in [0.2, 0.25) is 0 Å². The smallest absolute Gasteiger partial charge is 0.433 e. The minimum Gasteiger partial charge on any atom is -0.486 e. The third kappa shape index (κ3) is 5.25. The number of benzene rings is 1. The van der Waals surface area contributed by atoms with E-state index < -0.39 is 23.7 Å². The molecule has 0 aliphatic carbocycles. The molecule has 5 aromatic rings. The summed E-state index contributed by atoms with van der Waals surface area (Å²) in [6, 6.07) is 10.5. The lowest BCUT2D eigenvalue weighted by molar-refractivity contribution is -0.140. The van der Waals surface area contributed by atoms with Crippen molar-refractivity contribution >= 4 is 50.7 Å². The maximum absolute atomic E-state index is 13.7. The number of nitrogens with two attached hydrogens (primary N) is 1. The summed E-state index contributed by atoms with van der Waals surface area (Å²) in [7, 11) is 1.64. The molecule has 0 unspecified atom stereocenters. The molecule has 206 valence electrons. The molecule has 4 heterocycles. The van der Waals surface area contributed by atoms with Crippen molar-refractivity contribution < 1.29 is 31.9 Å². The number of alkyl halides is 3. The molecule has 0 aliphatic rings. The molecule has 2 amide bonds. The van der Waals surface area contributed by atoms with E-state index in [1.54, 1.807) is 38.2 Å². The number of aryl methyl sites for hydroxylation is 1. The van der Waals surface area contributed by atoms with Crippen LogP contribution >= 0.6 is 22.9 Å². The standard InChI is InChI=1S/C26H19ClF3N5O4S/c1-12-17(10-32-35(12)2)16-9-19(26(28,29)30)33-25-20(16)21(22(40-25)23(31)36)34-24(37)18-8-7-15(39-18)11-38-14-5-3-13(27)4-6-14/h3-10H,11H2,1-2H3,(H2,31,36)(H,34,37). The Hall–Kier alpha value is -4.36. The molecular formula is C26H19ClF3N5O4S. The first-order valence-corrected chi connectivity index (χ1v) is 12.7. The fourth-order valence-electron chi connectivity index (χ4n) is 3.95. The van der Waals surface area contributed by atoms with Gasteiger partial charge in [0.05, 0.1) is 11.9 Å². The molecule has 4 aromatic heterocycles. The Morgan fingerprint density at radius 2 is 1.90 bits per heavy atom. The van der Waals surface area contributed by atoms with Crippen molar-refractivity contribution in [2.45, 2.75) is 19.7 Å². The van der Waals surface area contributed by atoms with Gasteiger partial charge in [-0.1, -0.05) is 11.6 Å². The lowest BCUT2D eigenvalue weighted by Gasteiger charge is -2.12. The Morgan fingerprint density at radius 1 is 1.18 bits per heavy atom. The number of halogens is 4. The number of furan rings is 1. The van der Waals surface area contributed by atoms with Gasteiger partial charge in [0, 0.05) is 28.7 Å². The quantitative estimate of drug-likeness (QED) is 0.233. The van der Waals surface area contributed by atoms with Gasteiger partial charge < -0.3 is 20.2 Å². The molecule has 3 N–H and O–H groups in total. The second-order valence-electron chi connectivity index (χ2n) is 8.63. The Kier molecular flexibility index (Phi) is 7.02. The Bertz CT molecular complexity index is 1760. The number of rotatable bonds is 7. The Morgan fingerprint density at radius 3 is 2.52 bits per heavy atom. The van der Waals surface area contributed by atoms with Crippen molar-refractivity contribution in [1.82, 2.24) is 14.8 Å². The van der Waals surface area contributed by atoms with Gasteiger partial charge >= 0.3 is 6.18 Å². The van der Waals surface area contributed by atoms with Crippen LogP contribution in [0.3, 0.4) is 0 Å². The number of anilines is 1. The van der Waals surface area contributed by atoms with E-state index in [2.05, 4.69) is 15.4 Å². The van der Waals surface area contributed by atoms with Crippen LogP contribution in [-0.4, -0.2) is 26.6 Å². The number of nitrogens with zero attached hydrogens (tertiary/aromatic N) is 3. The van der Waals surface area contributed by atoms with Crippen molar-refractivity contribution in [3.8, 4) is 16.9 Å². The van der Waals surface area contributed by atoms with Crippen molar-refractivity contribution in [2.24, 2.45) is 12.8 Å². The van der Waals surface area contributed by atoms with Crippen LogP contribution in [0.2, 0.25) is 5.02 Å². The van der Waals surface area contributed by atoms with Gasteiger partial charge in [0.25, 0.3) is 11.8 Å². The average Bonchev–Trinajstić information content (AvgIpc) is 3.61. The van der Waals surface area contributed by atoms with Gasteiger partial charge in [-0.25, -0.2) is 4.98 Å². The highest BCUT2D eigenvalue weighted by Gasteiger charge is 2.35. The molecule has 0 aliphatic heterocycles. The number of thiophene rings is 1. The molecule has 0 saturated heterocycles. The zero-order valence-electron chi connectivity index (χ0n) is 20.8. The van der Waals surface area contributed by atoms with E-state index in [1.807, 2.05) is 0 Å². The Balaban J connectivity index is 1.53. The molecule has 1 aromatic carbocycles. The fourth-order valence-corrected chi connectivity index (χ4v) is 5.08. The molecule has 14 heteroatoms. The van der Waals surface area contributed by atoms with Crippen LogP contribution in [0.15, 0.2) is 53.1 Å². The lowest BCUT2D eigenvalue weighted by Crippen LogP contribution is -2.16. The zero-order chi connectivity index (χ0) is 28.8. The van der Waals surface area contributed by atoms with Crippen LogP contribution in [-0.2, 0) is 19.8 Å². The van der Waals surface area contributed by atoms with Crippen molar-refractivity contribution in [2.75, 3.05) is 5.32 Å². The molecular weight excluding hydrogens is 571 g/mol. The average molecular weight is 590 g/mol. The number of nitrogens with one attached hydrogen (secondary N) is 1. The lowest BCUT2D eigenvalue weighted by atomic mass is 10.0. The van der Waals surface area contributed by atoms with Crippen LogP contribution in [0, 0.1) is 6.92 Å². The highest BCUT2D eigenvalue weighted by molar-refractivity contribution is 7.21. The van der Waals surface area contributed by atoms with Gasteiger partial charge in [-0.2, -0.15) is 18.3 Å². The number of primary amides is 1. The number of carbonyl (C=O) groups is 2. The van der Waals surface area contributed by atoms with E-state index in [1.165, 1.54) is 23.0 Å². The first-order valence-electron chi connectivity index (χ1n) is 11.5. The van der Waals surface area contributed by atoms with E-state index in [9.17, 15) is 22.8 Å². The minimum absolute atomic E-state index is 0.0113. The third-order valence-corrected chi connectivity index (χ3v) is 7.37. The summed E-state index contributed by atoms with van der Waals surface area (Å²) in [5.41, 5.74) is 5.32. The van der Waals surface area contributed by atoms with Gasteiger partial charge in [-0.05, 0) is 55.0 Å². The van der Waals surface area contributed by atoms with E-state index in [0.29, 0.717) is 39.1 Å².